The molecule has 0 unspecified atom stereocenters. The highest BCUT2D eigenvalue weighted by atomic mass is 32.1. The fourth-order valence-corrected chi connectivity index (χ4v) is 1.02. The number of aryl methyl sites for hydroxylation is 1. The number of hydrogen-bond acceptors (Lipinski definition) is 2. The molecule has 1 aromatic rings. The van der Waals surface area contributed by atoms with Crippen molar-refractivity contribution < 1.29 is 0 Å². The summed E-state index contributed by atoms with van der Waals surface area (Å²) in [5.74, 6) is 0.859. The van der Waals surface area contributed by atoms with E-state index in [2.05, 4.69) is 17.9 Å². The Hall–Kier alpha value is -0.960. The summed E-state index contributed by atoms with van der Waals surface area (Å²) >= 11 is 3.98. The second kappa shape index (κ2) is 4.16. The minimum atomic E-state index is 0.420. The number of hydrogen-bond donors (Lipinski definition) is 3. The quantitative estimate of drug-likeness (QED) is 0.364. The second-order valence-corrected chi connectivity index (χ2v) is 2.95. The lowest BCUT2D eigenvalue weighted by molar-refractivity contribution is 1.42. The van der Waals surface area contributed by atoms with Gasteiger partial charge in [-0.2, -0.15) is 12.6 Å². The smallest absolute Gasteiger partial charge is 0.107 e. The van der Waals surface area contributed by atoms with Crippen LogP contribution >= 0.6 is 12.6 Å². The number of amidine groups is 1. The predicted molar refractivity (Wildman–Crippen MR) is 56.4 cm³/mol. The maximum absolute atomic E-state index is 7.36. The fourth-order valence-electron chi connectivity index (χ4n) is 0.937. The van der Waals surface area contributed by atoms with Gasteiger partial charge < -0.3 is 5.32 Å². The molecule has 0 fully saturated rings. The molecule has 1 aromatic carbocycles. The maximum Gasteiger partial charge on any atom is 0.107 e. The topological polar surface area (TPSA) is 35.9 Å². The normalized spacial score (nSPS) is 9.50. The number of anilines is 1. The largest absolute Gasteiger partial charge is 0.344 e. The van der Waals surface area contributed by atoms with Crippen LogP contribution in [0.15, 0.2) is 24.3 Å². The van der Waals surface area contributed by atoms with Crippen molar-refractivity contribution in [1.29, 1.82) is 5.41 Å². The zero-order chi connectivity index (χ0) is 8.97. The van der Waals surface area contributed by atoms with Gasteiger partial charge in [0.05, 0.1) is 0 Å². The first-order valence-electron chi connectivity index (χ1n) is 3.74. The Morgan fingerprint density at radius 3 is 2.92 bits per heavy atom. The molecule has 0 radical (unpaired) electrons. The molecule has 0 amide bonds. The van der Waals surface area contributed by atoms with Crippen LogP contribution in [-0.4, -0.2) is 11.6 Å². The minimum absolute atomic E-state index is 0.420. The Balaban J connectivity index is 2.69. The van der Waals surface area contributed by atoms with Gasteiger partial charge >= 0.3 is 0 Å². The van der Waals surface area contributed by atoms with Crippen LogP contribution in [0.1, 0.15) is 5.56 Å². The molecule has 0 aliphatic carbocycles. The Kier molecular flexibility index (Phi) is 3.17. The molecule has 0 bridgehead atoms. The lowest BCUT2D eigenvalue weighted by atomic mass is 10.2. The van der Waals surface area contributed by atoms with E-state index < -0.39 is 0 Å². The molecule has 0 spiro atoms. The minimum Gasteiger partial charge on any atom is -0.344 e. The Labute approximate surface area is 77.9 Å². The summed E-state index contributed by atoms with van der Waals surface area (Å²) in [5, 5.41) is 10.3. The van der Waals surface area contributed by atoms with Crippen molar-refractivity contribution in [1.82, 2.24) is 0 Å². The average Bonchev–Trinajstić information content (AvgIpc) is 2.04. The van der Waals surface area contributed by atoms with Gasteiger partial charge in [0, 0.05) is 11.4 Å². The van der Waals surface area contributed by atoms with Gasteiger partial charge in [-0.25, -0.2) is 0 Å². The molecule has 0 saturated heterocycles. The van der Waals surface area contributed by atoms with Gasteiger partial charge in [0.1, 0.15) is 5.84 Å². The molecule has 0 aromatic heterocycles. The van der Waals surface area contributed by atoms with Crippen molar-refractivity contribution in [3.05, 3.63) is 29.8 Å². The highest BCUT2D eigenvalue weighted by Crippen LogP contribution is 2.09. The molecule has 12 heavy (non-hydrogen) atoms. The molecule has 0 atom stereocenters. The molecule has 64 valence electrons. The molecule has 0 heterocycles. The van der Waals surface area contributed by atoms with Gasteiger partial charge in [0.2, 0.25) is 0 Å². The van der Waals surface area contributed by atoms with Crippen molar-refractivity contribution in [2.45, 2.75) is 6.92 Å². The summed E-state index contributed by atoms with van der Waals surface area (Å²) in [6, 6.07) is 7.92. The number of rotatable bonds is 2. The van der Waals surface area contributed by atoms with Gasteiger partial charge in [-0.05, 0) is 24.6 Å². The summed E-state index contributed by atoms with van der Waals surface area (Å²) in [6.07, 6.45) is 0. The summed E-state index contributed by atoms with van der Waals surface area (Å²) in [4.78, 5) is 0. The monoisotopic (exact) mass is 180 g/mol. The number of thiol groups is 1. The lowest BCUT2D eigenvalue weighted by Crippen LogP contribution is -2.11. The molecule has 2 N–H and O–H groups in total. The molecule has 1 rings (SSSR count). The van der Waals surface area contributed by atoms with E-state index in [0.29, 0.717) is 11.6 Å². The van der Waals surface area contributed by atoms with E-state index in [1.807, 2.05) is 31.2 Å². The maximum atomic E-state index is 7.36. The first kappa shape index (κ1) is 9.13. The fraction of sp³-hybridized carbons (Fsp3) is 0.222. The van der Waals surface area contributed by atoms with Gasteiger partial charge in [0.25, 0.3) is 0 Å². The van der Waals surface area contributed by atoms with E-state index in [-0.39, 0.29) is 0 Å². The second-order valence-electron chi connectivity index (χ2n) is 2.63. The van der Waals surface area contributed by atoms with Crippen LogP contribution < -0.4 is 5.32 Å². The standard InChI is InChI=1S/C9H12N2S/c1-7-3-2-4-8(5-7)11-9(10)6-12/h2-5,12H,6H2,1H3,(H2,10,11). The van der Waals surface area contributed by atoms with Crippen LogP contribution in [0, 0.1) is 12.3 Å². The molecular formula is C9H12N2S. The van der Waals surface area contributed by atoms with E-state index in [9.17, 15) is 0 Å². The van der Waals surface area contributed by atoms with Gasteiger partial charge in [-0.1, -0.05) is 12.1 Å². The van der Waals surface area contributed by atoms with Crippen LogP contribution in [0.25, 0.3) is 0 Å². The van der Waals surface area contributed by atoms with Gasteiger partial charge in [0.15, 0.2) is 0 Å². The zero-order valence-electron chi connectivity index (χ0n) is 6.96. The SMILES string of the molecule is Cc1cccc(NC(=N)CS)c1. The molecule has 0 aliphatic heterocycles. The van der Waals surface area contributed by atoms with Crippen LogP contribution in [0.5, 0.6) is 0 Å². The number of nitrogens with one attached hydrogen (secondary N) is 2. The predicted octanol–water partition coefficient (Wildman–Crippen LogP) is 2.31. The molecule has 0 saturated carbocycles. The van der Waals surface area contributed by atoms with Crippen LogP contribution in [0.2, 0.25) is 0 Å². The highest BCUT2D eigenvalue weighted by molar-refractivity contribution is 7.81. The van der Waals surface area contributed by atoms with Crippen LogP contribution in [0.4, 0.5) is 5.69 Å². The first-order chi connectivity index (χ1) is 5.72. The first-order valence-corrected chi connectivity index (χ1v) is 4.37. The lowest BCUT2D eigenvalue weighted by Gasteiger charge is -2.05. The van der Waals surface area contributed by atoms with E-state index in [1.165, 1.54) is 5.56 Å². The third-order valence-electron chi connectivity index (χ3n) is 1.47. The summed E-state index contributed by atoms with van der Waals surface area (Å²) < 4.78 is 0. The molecule has 0 aliphatic rings. The van der Waals surface area contributed by atoms with Crippen molar-refractivity contribution >= 4 is 24.2 Å². The molecule has 2 nitrogen and oxygen atoms in total. The van der Waals surface area contributed by atoms with Crippen LogP contribution in [-0.2, 0) is 0 Å². The van der Waals surface area contributed by atoms with Crippen molar-refractivity contribution in [2.24, 2.45) is 0 Å². The summed E-state index contributed by atoms with van der Waals surface area (Å²) in [5.41, 5.74) is 2.14. The third kappa shape index (κ3) is 2.58. The van der Waals surface area contributed by atoms with Crippen molar-refractivity contribution in [3.8, 4) is 0 Å². The molecular weight excluding hydrogens is 168 g/mol. The number of benzene rings is 1. The summed E-state index contributed by atoms with van der Waals surface area (Å²) in [6.45, 7) is 2.02. The van der Waals surface area contributed by atoms with E-state index in [4.69, 9.17) is 5.41 Å². The zero-order valence-corrected chi connectivity index (χ0v) is 7.86. The van der Waals surface area contributed by atoms with E-state index in [0.717, 1.165) is 5.69 Å². The third-order valence-corrected chi connectivity index (χ3v) is 1.79. The van der Waals surface area contributed by atoms with Crippen LogP contribution in [0.3, 0.4) is 0 Å². The van der Waals surface area contributed by atoms with E-state index >= 15 is 0 Å². The highest BCUT2D eigenvalue weighted by Gasteiger charge is 1.94. The van der Waals surface area contributed by atoms with E-state index in [1.54, 1.807) is 0 Å². The van der Waals surface area contributed by atoms with Gasteiger partial charge in [-0.3, -0.25) is 5.41 Å². The Morgan fingerprint density at radius 2 is 2.33 bits per heavy atom. The Bertz CT molecular complexity index is 284. The van der Waals surface area contributed by atoms with Gasteiger partial charge in [-0.15, -0.1) is 0 Å². The average molecular weight is 180 g/mol. The summed E-state index contributed by atoms with van der Waals surface area (Å²) in [7, 11) is 0. The van der Waals surface area contributed by atoms with Crippen molar-refractivity contribution in [2.75, 3.05) is 11.1 Å². The van der Waals surface area contributed by atoms with Crippen molar-refractivity contribution in [3.63, 3.8) is 0 Å². The Morgan fingerprint density at radius 1 is 1.58 bits per heavy atom. The molecule has 3 heteroatoms.